The molecule has 3 aliphatic rings. The van der Waals surface area contributed by atoms with Crippen LogP contribution in [0.5, 0.6) is 0 Å². The van der Waals surface area contributed by atoms with Gasteiger partial charge in [-0.15, -0.1) is 0 Å². The minimum atomic E-state index is -0.180. The molecular weight excluding hydrogens is 354 g/mol. The van der Waals surface area contributed by atoms with E-state index in [4.69, 9.17) is 9.97 Å². The van der Waals surface area contributed by atoms with Gasteiger partial charge in [0.2, 0.25) is 11.9 Å². The van der Waals surface area contributed by atoms with E-state index in [2.05, 4.69) is 25.1 Å². The highest BCUT2D eigenvalue weighted by atomic mass is 16.3. The summed E-state index contributed by atoms with van der Waals surface area (Å²) in [6.45, 7) is 3.47. The van der Waals surface area contributed by atoms with Gasteiger partial charge in [0.05, 0.1) is 6.10 Å². The van der Waals surface area contributed by atoms with Crippen LogP contribution in [0.1, 0.15) is 43.7 Å². The molecule has 3 fully saturated rings. The molecule has 0 bridgehead atoms. The Balaban J connectivity index is 1.21. The maximum absolute atomic E-state index is 9.70. The lowest BCUT2D eigenvalue weighted by Gasteiger charge is -2.30. The molecule has 0 aromatic carbocycles. The maximum Gasteiger partial charge on any atom is 0.225 e. The molecule has 0 radical (unpaired) electrons. The van der Waals surface area contributed by atoms with Crippen molar-refractivity contribution < 1.29 is 5.11 Å². The SMILES string of the molecule is OC1CCN(c2ccnc(NC3CCN(c4nccc(C5CC5)n4)C3)n2)CC1. The van der Waals surface area contributed by atoms with E-state index >= 15 is 0 Å². The van der Waals surface area contributed by atoms with Gasteiger partial charge in [0, 0.05) is 56.2 Å². The Morgan fingerprint density at radius 2 is 1.68 bits per heavy atom. The average molecular weight is 381 g/mol. The van der Waals surface area contributed by atoms with Gasteiger partial charge >= 0.3 is 0 Å². The monoisotopic (exact) mass is 381 g/mol. The van der Waals surface area contributed by atoms with Gasteiger partial charge in [-0.05, 0) is 44.2 Å². The van der Waals surface area contributed by atoms with E-state index in [9.17, 15) is 5.11 Å². The number of rotatable bonds is 5. The number of aromatic nitrogens is 4. The summed E-state index contributed by atoms with van der Waals surface area (Å²) in [6, 6.07) is 4.28. The van der Waals surface area contributed by atoms with E-state index in [0.29, 0.717) is 11.9 Å². The Morgan fingerprint density at radius 3 is 2.50 bits per heavy atom. The summed E-state index contributed by atoms with van der Waals surface area (Å²) in [4.78, 5) is 22.8. The van der Waals surface area contributed by atoms with Crippen molar-refractivity contribution in [1.82, 2.24) is 19.9 Å². The summed E-state index contributed by atoms with van der Waals surface area (Å²) >= 11 is 0. The van der Waals surface area contributed by atoms with Crippen LogP contribution in [0, 0.1) is 0 Å². The summed E-state index contributed by atoms with van der Waals surface area (Å²) in [6.07, 6.45) is 8.63. The van der Waals surface area contributed by atoms with E-state index < -0.39 is 0 Å². The average Bonchev–Trinajstić information content (AvgIpc) is 3.48. The zero-order chi connectivity index (χ0) is 18.9. The first kappa shape index (κ1) is 17.6. The highest BCUT2D eigenvalue weighted by Gasteiger charge is 2.28. The van der Waals surface area contributed by atoms with Crippen molar-refractivity contribution in [3.05, 3.63) is 30.2 Å². The van der Waals surface area contributed by atoms with Gasteiger partial charge in [-0.3, -0.25) is 0 Å². The fourth-order valence-corrected chi connectivity index (χ4v) is 4.05. The van der Waals surface area contributed by atoms with Crippen molar-refractivity contribution in [2.45, 2.75) is 50.2 Å². The predicted octanol–water partition coefficient (Wildman–Crippen LogP) is 1.80. The summed E-state index contributed by atoms with van der Waals surface area (Å²) in [5.41, 5.74) is 1.18. The lowest BCUT2D eigenvalue weighted by atomic mass is 10.1. The van der Waals surface area contributed by atoms with Crippen LogP contribution in [0.2, 0.25) is 0 Å². The van der Waals surface area contributed by atoms with Gasteiger partial charge in [0.1, 0.15) is 5.82 Å². The second-order valence-corrected chi connectivity index (χ2v) is 8.09. The smallest absolute Gasteiger partial charge is 0.225 e. The Hall–Kier alpha value is -2.48. The number of anilines is 3. The zero-order valence-corrected chi connectivity index (χ0v) is 16.0. The molecule has 2 aromatic rings. The molecule has 0 spiro atoms. The first-order chi connectivity index (χ1) is 13.7. The van der Waals surface area contributed by atoms with Crippen molar-refractivity contribution in [3.8, 4) is 0 Å². The molecule has 0 amide bonds. The topological polar surface area (TPSA) is 90.3 Å². The molecule has 1 unspecified atom stereocenters. The fraction of sp³-hybridized carbons (Fsp3) is 0.600. The lowest BCUT2D eigenvalue weighted by Crippen LogP contribution is -2.36. The highest BCUT2D eigenvalue weighted by molar-refractivity contribution is 5.44. The van der Waals surface area contributed by atoms with Crippen LogP contribution >= 0.6 is 0 Å². The lowest BCUT2D eigenvalue weighted by molar-refractivity contribution is 0.145. The predicted molar refractivity (Wildman–Crippen MR) is 108 cm³/mol. The van der Waals surface area contributed by atoms with Crippen LogP contribution in [0.4, 0.5) is 17.7 Å². The van der Waals surface area contributed by atoms with Gasteiger partial charge in [0.25, 0.3) is 0 Å². The molecule has 2 saturated heterocycles. The summed E-state index contributed by atoms with van der Waals surface area (Å²) < 4.78 is 0. The molecule has 8 nitrogen and oxygen atoms in total. The first-order valence-electron chi connectivity index (χ1n) is 10.3. The van der Waals surface area contributed by atoms with Crippen LogP contribution in [-0.2, 0) is 0 Å². The van der Waals surface area contributed by atoms with Crippen LogP contribution in [-0.4, -0.2) is 63.4 Å². The number of aliphatic hydroxyl groups excluding tert-OH is 1. The van der Waals surface area contributed by atoms with Crippen LogP contribution in [0.15, 0.2) is 24.5 Å². The Morgan fingerprint density at radius 1 is 0.893 bits per heavy atom. The minimum Gasteiger partial charge on any atom is -0.393 e. The van der Waals surface area contributed by atoms with Crippen molar-refractivity contribution in [1.29, 1.82) is 0 Å². The Bertz CT molecular complexity index is 820. The number of nitrogens with one attached hydrogen (secondary N) is 1. The third kappa shape index (κ3) is 3.87. The summed E-state index contributed by atoms with van der Waals surface area (Å²) in [5.74, 6) is 3.09. The summed E-state index contributed by atoms with van der Waals surface area (Å²) in [7, 11) is 0. The normalized spacial score (nSPS) is 23.2. The molecule has 2 N–H and O–H groups in total. The second kappa shape index (κ2) is 7.50. The second-order valence-electron chi connectivity index (χ2n) is 8.09. The van der Waals surface area contributed by atoms with E-state index in [0.717, 1.165) is 57.2 Å². The van der Waals surface area contributed by atoms with E-state index in [1.54, 1.807) is 0 Å². The van der Waals surface area contributed by atoms with Crippen molar-refractivity contribution in [2.75, 3.05) is 41.3 Å². The van der Waals surface area contributed by atoms with Crippen molar-refractivity contribution >= 4 is 17.7 Å². The van der Waals surface area contributed by atoms with Gasteiger partial charge in [-0.2, -0.15) is 4.98 Å². The molecule has 1 atom stereocenters. The molecule has 148 valence electrons. The molecule has 4 heterocycles. The van der Waals surface area contributed by atoms with Gasteiger partial charge in [0.15, 0.2) is 0 Å². The largest absolute Gasteiger partial charge is 0.393 e. The molecule has 2 aromatic heterocycles. The Kier molecular flexibility index (Phi) is 4.72. The molecule has 1 aliphatic carbocycles. The van der Waals surface area contributed by atoms with Gasteiger partial charge in [-0.1, -0.05) is 0 Å². The molecule has 28 heavy (non-hydrogen) atoms. The Labute approximate surface area is 165 Å². The van der Waals surface area contributed by atoms with Crippen molar-refractivity contribution in [3.63, 3.8) is 0 Å². The van der Waals surface area contributed by atoms with Crippen LogP contribution in [0.25, 0.3) is 0 Å². The molecular formula is C20H27N7O. The van der Waals surface area contributed by atoms with Crippen LogP contribution in [0.3, 0.4) is 0 Å². The minimum absolute atomic E-state index is 0.180. The quantitative estimate of drug-likeness (QED) is 0.810. The third-order valence-electron chi connectivity index (χ3n) is 5.89. The fourth-order valence-electron chi connectivity index (χ4n) is 4.05. The number of hydrogen-bond acceptors (Lipinski definition) is 8. The molecule has 1 saturated carbocycles. The van der Waals surface area contributed by atoms with E-state index in [1.165, 1.54) is 18.5 Å². The van der Waals surface area contributed by atoms with Crippen molar-refractivity contribution in [2.24, 2.45) is 0 Å². The van der Waals surface area contributed by atoms with E-state index in [-0.39, 0.29) is 12.1 Å². The zero-order valence-electron chi connectivity index (χ0n) is 16.0. The number of hydrogen-bond donors (Lipinski definition) is 2. The maximum atomic E-state index is 9.70. The molecule has 8 heteroatoms. The first-order valence-corrected chi connectivity index (χ1v) is 10.3. The number of aliphatic hydroxyl groups is 1. The van der Waals surface area contributed by atoms with E-state index in [1.807, 2.05) is 24.5 Å². The highest BCUT2D eigenvalue weighted by Crippen LogP contribution is 2.39. The molecule has 2 aliphatic heterocycles. The summed E-state index contributed by atoms with van der Waals surface area (Å²) in [5, 5.41) is 13.2. The third-order valence-corrected chi connectivity index (χ3v) is 5.89. The van der Waals surface area contributed by atoms with Gasteiger partial charge in [-0.25, -0.2) is 15.0 Å². The standard InChI is InChI=1S/C20H27N7O/c28-16-6-11-26(12-7-16)18-4-9-21-19(25-18)23-15-5-10-27(13-15)20-22-8-3-17(24-20)14-1-2-14/h3-4,8-9,14-16,28H,1-2,5-7,10-13H2,(H,21,23,25). The molecule has 5 rings (SSSR count). The van der Waals surface area contributed by atoms with Crippen LogP contribution < -0.4 is 15.1 Å². The number of nitrogens with zero attached hydrogens (tertiary/aromatic N) is 6. The van der Waals surface area contributed by atoms with Gasteiger partial charge < -0.3 is 20.2 Å². The number of piperidine rings is 1.